The van der Waals surface area contributed by atoms with Gasteiger partial charge in [-0.15, -0.1) is 0 Å². The molecule has 1 saturated heterocycles. The first kappa shape index (κ1) is 10.7. The Hall–Kier alpha value is -1.84. The average Bonchev–Trinajstić information content (AvgIpc) is 2.65. The zero-order valence-electron chi connectivity index (χ0n) is 9.03. The summed E-state index contributed by atoms with van der Waals surface area (Å²) in [6.45, 7) is 1.46. The lowest BCUT2D eigenvalue weighted by Gasteiger charge is -2.10. The zero-order valence-corrected chi connectivity index (χ0v) is 9.03. The van der Waals surface area contributed by atoms with Crippen LogP contribution in [0, 0.1) is 0 Å². The van der Waals surface area contributed by atoms with Crippen LogP contribution in [-0.2, 0) is 14.3 Å². The third kappa shape index (κ3) is 2.39. The van der Waals surface area contributed by atoms with Gasteiger partial charge in [0.05, 0.1) is 0 Å². The first-order chi connectivity index (χ1) is 7.65. The largest absolute Gasteiger partial charge is 0.457 e. The van der Waals surface area contributed by atoms with Gasteiger partial charge in [-0.05, 0) is 24.1 Å². The van der Waals surface area contributed by atoms with E-state index in [0.717, 1.165) is 17.7 Å². The highest BCUT2D eigenvalue weighted by atomic mass is 16.5. The van der Waals surface area contributed by atoms with Gasteiger partial charge in [-0.2, -0.15) is 0 Å². The lowest BCUT2D eigenvalue weighted by atomic mass is 10.1. The maximum atomic E-state index is 11.0. The molecule has 2 rings (SSSR count). The molecular formula is C12H13NO3. The van der Waals surface area contributed by atoms with E-state index in [9.17, 15) is 9.59 Å². The smallest absolute Gasteiger partial charge is 0.306 e. The molecule has 0 aliphatic carbocycles. The SMILES string of the molecule is CC(=O)Nc1ccc(C2CCC(=O)O2)cc1. The molecule has 1 unspecified atom stereocenters. The molecule has 1 aromatic carbocycles. The molecule has 1 fully saturated rings. The summed E-state index contributed by atoms with van der Waals surface area (Å²) >= 11 is 0. The molecule has 84 valence electrons. The van der Waals surface area contributed by atoms with E-state index in [1.807, 2.05) is 24.3 Å². The molecule has 0 spiro atoms. The van der Waals surface area contributed by atoms with Crippen molar-refractivity contribution in [2.75, 3.05) is 5.32 Å². The molecule has 0 bridgehead atoms. The highest BCUT2D eigenvalue weighted by molar-refractivity contribution is 5.88. The standard InChI is InChI=1S/C12H13NO3/c1-8(14)13-10-4-2-9(3-5-10)11-6-7-12(15)16-11/h2-5,11H,6-7H2,1H3,(H,13,14). The Morgan fingerprint density at radius 1 is 1.38 bits per heavy atom. The number of benzene rings is 1. The summed E-state index contributed by atoms with van der Waals surface area (Å²) in [6.07, 6.45) is 1.09. The maximum absolute atomic E-state index is 11.0. The number of cyclic esters (lactones) is 1. The monoisotopic (exact) mass is 219 g/mol. The molecule has 0 radical (unpaired) electrons. The van der Waals surface area contributed by atoms with E-state index < -0.39 is 0 Å². The Balaban J connectivity index is 2.07. The Kier molecular flexibility index (Phi) is 2.90. The summed E-state index contributed by atoms with van der Waals surface area (Å²) in [7, 11) is 0. The van der Waals surface area contributed by atoms with E-state index >= 15 is 0 Å². The highest BCUT2D eigenvalue weighted by Crippen LogP contribution is 2.29. The average molecular weight is 219 g/mol. The molecule has 1 N–H and O–H groups in total. The lowest BCUT2D eigenvalue weighted by Crippen LogP contribution is -2.06. The summed E-state index contributed by atoms with van der Waals surface area (Å²) in [5.74, 6) is -0.240. The van der Waals surface area contributed by atoms with Gasteiger partial charge in [0.15, 0.2) is 0 Å². The maximum Gasteiger partial charge on any atom is 0.306 e. The molecule has 1 atom stereocenters. The number of hydrogen-bond acceptors (Lipinski definition) is 3. The molecule has 4 nitrogen and oxygen atoms in total. The fraction of sp³-hybridized carbons (Fsp3) is 0.333. The van der Waals surface area contributed by atoms with Crippen molar-refractivity contribution >= 4 is 17.6 Å². The molecular weight excluding hydrogens is 206 g/mol. The van der Waals surface area contributed by atoms with Crippen LogP contribution in [-0.4, -0.2) is 11.9 Å². The first-order valence-corrected chi connectivity index (χ1v) is 5.22. The zero-order chi connectivity index (χ0) is 11.5. The van der Waals surface area contributed by atoms with E-state index in [-0.39, 0.29) is 18.0 Å². The fourth-order valence-corrected chi connectivity index (χ4v) is 1.74. The molecule has 0 saturated carbocycles. The number of hydrogen-bond donors (Lipinski definition) is 1. The predicted molar refractivity (Wildman–Crippen MR) is 58.8 cm³/mol. The van der Waals surface area contributed by atoms with Gasteiger partial charge in [-0.3, -0.25) is 9.59 Å². The van der Waals surface area contributed by atoms with Crippen LogP contribution in [0.15, 0.2) is 24.3 Å². The third-order valence-corrected chi connectivity index (χ3v) is 2.49. The molecule has 1 aliphatic rings. The van der Waals surface area contributed by atoms with Crippen LogP contribution in [0.4, 0.5) is 5.69 Å². The van der Waals surface area contributed by atoms with Gasteiger partial charge in [0, 0.05) is 19.0 Å². The van der Waals surface area contributed by atoms with Gasteiger partial charge in [0.2, 0.25) is 5.91 Å². The number of carbonyl (C=O) groups excluding carboxylic acids is 2. The quantitative estimate of drug-likeness (QED) is 0.774. The normalized spacial score (nSPS) is 19.3. The molecule has 4 heteroatoms. The molecule has 1 amide bonds. The van der Waals surface area contributed by atoms with Crippen molar-refractivity contribution in [3.8, 4) is 0 Å². The van der Waals surface area contributed by atoms with Gasteiger partial charge < -0.3 is 10.1 Å². The summed E-state index contributed by atoms with van der Waals surface area (Å²) in [4.78, 5) is 21.8. The lowest BCUT2D eigenvalue weighted by molar-refractivity contribution is -0.141. The van der Waals surface area contributed by atoms with Crippen LogP contribution in [0.25, 0.3) is 0 Å². The van der Waals surface area contributed by atoms with Crippen molar-refractivity contribution in [1.82, 2.24) is 0 Å². The van der Waals surface area contributed by atoms with E-state index in [1.54, 1.807) is 0 Å². The van der Waals surface area contributed by atoms with Crippen LogP contribution < -0.4 is 5.32 Å². The fourth-order valence-electron chi connectivity index (χ4n) is 1.74. The number of carbonyl (C=O) groups is 2. The highest BCUT2D eigenvalue weighted by Gasteiger charge is 2.24. The Morgan fingerprint density at radius 3 is 2.56 bits per heavy atom. The summed E-state index contributed by atoms with van der Waals surface area (Å²) in [5.41, 5.74) is 1.72. The molecule has 0 aromatic heterocycles. The minimum atomic E-state index is -0.143. The van der Waals surface area contributed by atoms with Crippen LogP contribution in [0.2, 0.25) is 0 Å². The minimum Gasteiger partial charge on any atom is -0.457 e. The second-order valence-electron chi connectivity index (χ2n) is 3.82. The van der Waals surface area contributed by atoms with Crippen molar-refractivity contribution < 1.29 is 14.3 Å². The van der Waals surface area contributed by atoms with Gasteiger partial charge in [0.1, 0.15) is 6.10 Å². The Bertz CT molecular complexity index is 411. The van der Waals surface area contributed by atoms with Crippen LogP contribution in [0.1, 0.15) is 31.4 Å². The van der Waals surface area contributed by atoms with Crippen molar-refractivity contribution in [3.63, 3.8) is 0 Å². The second kappa shape index (κ2) is 4.35. The van der Waals surface area contributed by atoms with Crippen molar-refractivity contribution in [2.45, 2.75) is 25.9 Å². The van der Waals surface area contributed by atoms with Crippen molar-refractivity contribution in [2.24, 2.45) is 0 Å². The van der Waals surface area contributed by atoms with Gasteiger partial charge >= 0.3 is 5.97 Å². The third-order valence-electron chi connectivity index (χ3n) is 2.49. The molecule has 1 heterocycles. The van der Waals surface area contributed by atoms with Crippen molar-refractivity contribution in [3.05, 3.63) is 29.8 Å². The number of anilines is 1. The first-order valence-electron chi connectivity index (χ1n) is 5.22. The van der Waals surface area contributed by atoms with E-state index in [4.69, 9.17) is 4.74 Å². The van der Waals surface area contributed by atoms with E-state index in [0.29, 0.717) is 6.42 Å². The van der Waals surface area contributed by atoms with E-state index in [2.05, 4.69) is 5.32 Å². The number of esters is 1. The van der Waals surface area contributed by atoms with Crippen LogP contribution in [0.5, 0.6) is 0 Å². The number of ether oxygens (including phenoxy) is 1. The van der Waals surface area contributed by atoms with Gasteiger partial charge in [-0.1, -0.05) is 12.1 Å². The van der Waals surface area contributed by atoms with Gasteiger partial charge in [0.25, 0.3) is 0 Å². The summed E-state index contributed by atoms with van der Waals surface area (Å²) < 4.78 is 5.14. The van der Waals surface area contributed by atoms with Crippen LogP contribution in [0.3, 0.4) is 0 Å². The topological polar surface area (TPSA) is 55.4 Å². The molecule has 16 heavy (non-hydrogen) atoms. The summed E-state index contributed by atoms with van der Waals surface area (Å²) in [6, 6.07) is 7.36. The number of amides is 1. The minimum absolute atomic E-state index is 0.0972. The number of rotatable bonds is 2. The van der Waals surface area contributed by atoms with E-state index in [1.165, 1.54) is 6.92 Å². The number of nitrogens with one attached hydrogen (secondary N) is 1. The van der Waals surface area contributed by atoms with Crippen LogP contribution >= 0.6 is 0 Å². The predicted octanol–water partition coefficient (Wildman–Crippen LogP) is 2.02. The van der Waals surface area contributed by atoms with Crippen molar-refractivity contribution in [1.29, 1.82) is 0 Å². The van der Waals surface area contributed by atoms with Gasteiger partial charge in [-0.25, -0.2) is 0 Å². The molecule has 1 aromatic rings. The summed E-state index contributed by atoms with van der Waals surface area (Å²) in [5, 5.41) is 2.68. The molecule has 1 aliphatic heterocycles. The Morgan fingerprint density at radius 2 is 2.06 bits per heavy atom. The second-order valence-corrected chi connectivity index (χ2v) is 3.82. The Labute approximate surface area is 93.6 Å².